The van der Waals surface area contributed by atoms with E-state index in [1.54, 1.807) is 0 Å². The molecule has 0 saturated carbocycles. The fraction of sp³-hybridized carbons (Fsp3) is 1.00. The number of hydrogen-bond donors (Lipinski definition) is 0. The van der Waals surface area contributed by atoms with Crippen LogP contribution in [0.2, 0.25) is 5.28 Å². The van der Waals surface area contributed by atoms with Crippen molar-refractivity contribution in [2.24, 2.45) is 0 Å². The van der Waals surface area contributed by atoms with Crippen molar-refractivity contribution in [2.45, 2.75) is 96.9 Å². The first-order valence-electron chi connectivity index (χ1n) is 8.41. The van der Waals surface area contributed by atoms with Crippen molar-refractivity contribution in [1.29, 1.82) is 0 Å². The van der Waals surface area contributed by atoms with Crippen LogP contribution in [0.1, 0.15) is 86.0 Å². The Hall–Kier alpha value is 0.452. The molecule has 0 aliphatic heterocycles. The van der Waals surface area contributed by atoms with E-state index in [1.807, 2.05) is 0 Å². The van der Waals surface area contributed by atoms with Gasteiger partial charge in [0.15, 0.2) is 0 Å². The molecule has 0 aromatic carbocycles. The summed E-state index contributed by atoms with van der Waals surface area (Å²) >= 11 is -1.46. The highest BCUT2D eigenvalue weighted by Crippen LogP contribution is 2.27. The zero-order valence-corrected chi connectivity index (χ0v) is 15.1. The third-order valence-electron chi connectivity index (χ3n) is 3.68. The van der Waals surface area contributed by atoms with Gasteiger partial charge in [0.2, 0.25) is 0 Å². The Kier molecular flexibility index (Phi) is 12.5. The molecule has 0 rings (SSSR count). The Balaban J connectivity index is 4.43. The highest BCUT2D eigenvalue weighted by Gasteiger charge is 2.34. The van der Waals surface area contributed by atoms with Gasteiger partial charge in [-0.15, -0.1) is 0 Å². The summed E-state index contributed by atoms with van der Waals surface area (Å²) < 4.78 is 12.4. The Labute approximate surface area is 126 Å². The van der Waals surface area contributed by atoms with Crippen molar-refractivity contribution < 1.29 is 7.58 Å². The molecular weight excluding hydrogens is 251 g/mol. The normalized spacial score (nSPS) is 11.8. The lowest BCUT2D eigenvalue weighted by molar-refractivity contribution is 0.0321. The quantitative estimate of drug-likeness (QED) is 0.418. The summed E-state index contributed by atoms with van der Waals surface area (Å²) in [6, 6.07) is 0. The number of hydrogen-bond acceptors (Lipinski definition) is 2. The fourth-order valence-corrected chi connectivity index (χ4v) is 4.73. The van der Waals surface area contributed by atoms with E-state index in [0.29, 0.717) is 0 Å². The van der Waals surface area contributed by atoms with E-state index in [0.717, 1.165) is 11.9 Å². The molecule has 0 amide bonds. The average molecular weight is 286 g/mol. The molecule has 19 heavy (non-hydrogen) atoms. The maximum Gasteiger partial charge on any atom is 0.674 e. The van der Waals surface area contributed by atoms with Gasteiger partial charge in [0.1, 0.15) is 0 Å². The molecule has 0 aromatic rings. The van der Waals surface area contributed by atoms with Crippen LogP contribution >= 0.6 is 0 Å². The van der Waals surface area contributed by atoms with E-state index >= 15 is 0 Å². The van der Waals surface area contributed by atoms with Gasteiger partial charge in [-0.25, -0.2) is 0 Å². The SMILES string of the molecule is CCC[CH2][Al]([O]CC)[O]C(C)(CCCC)CCCC. The van der Waals surface area contributed by atoms with E-state index < -0.39 is 14.8 Å². The van der Waals surface area contributed by atoms with Crippen LogP contribution in [0.25, 0.3) is 0 Å². The standard InChI is InChI=1S/C10H21O.C4H9.C2H5O.Al/c1-4-6-8-10(3,11)9-7-5-2;1-3-4-2;1-2-3;/h4-9H2,1-3H3;1,3-4H2,2H3;2H2,1H3;/q-1;;-1;+2. The second-order valence-electron chi connectivity index (χ2n) is 5.80. The lowest BCUT2D eigenvalue weighted by atomic mass is 9.93. The van der Waals surface area contributed by atoms with Gasteiger partial charge in [-0.05, 0) is 32.0 Å². The average Bonchev–Trinajstić information content (AvgIpc) is 2.41. The third-order valence-corrected chi connectivity index (χ3v) is 6.10. The monoisotopic (exact) mass is 286 g/mol. The van der Waals surface area contributed by atoms with Crippen molar-refractivity contribution in [1.82, 2.24) is 0 Å². The molecule has 0 spiro atoms. The molecule has 3 heteroatoms. The zero-order valence-electron chi connectivity index (χ0n) is 14.0. The molecular formula is C16H35AlO2. The van der Waals surface area contributed by atoms with Gasteiger partial charge in [-0.3, -0.25) is 0 Å². The second kappa shape index (κ2) is 12.2. The third kappa shape index (κ3) is 9.91. The molecule has 0 aliphatic rings. The van der Waals surface area contributed by atoms with Crippen LogP contribution in [-0.4, -0.2) is 27.0 Å². The molecule has 0 aliphatic carbocycles. The highest BCUT2D eigenvalue weighted by molar-refractivity contribution is 6.44. The van der Waals surface area contributed by atoms with Gasteiger partial charge in [-0.1, -0.05) is 59.3 Å². The van der Waals surface area contributed by atoms with Crippen LogP contribution in [0.5, 0.6) is 0 Å². The summed E-state index contributed by atoms with van der Waals surface area (Å²) in [5.74, 6) is 0. The van der Waals surface area contributed by atoms with E-state index in [4.69, 9.17) is 7.58 Å². The molecule has 0 atom stereocenters. The molecule has 0 radical (unpaired) electrons. The lowest BCUT2D eigenvalue weighted by Gasteiger charge is -2.34. The van der Waals surface area contributed by atoms with E-state index in [9.17, 15) is 0 Å². The van der Waals surface area contributed by atoms with Crippen LogP contribution in [0.4, 0.5) is 0 Å². The molecule has 0 saturated heterocycles. The van der Waals surface area contributed by atoms with Crippen LogP contribution in [-0.2, 0) is 7.58 Å². The zero-order chi connectivity index (χ0) is 14.6. The topological polar surface area (TPSA) is 18.5 Å². The maximum absolute atomic E-state index is 6.50. The Morgan fingerprint density at radius 1 is 0.842 bits per heavy atom. The summed E-state index contributed by atoms with van der Waals surface area (Å²) in [5.41, 5.74) is 0.0613. The number of unbranched alkanes of at least 4 members (excludes halogenated alkanes) is 3. The predicted molar refractivity (Wildman–Crippen MR) is 85.6 cm³/mol. The molecule has 0 unspecified atom stereocenters. The molecule has 0 aromatic heterocycles. The van der Waals surface area contributed by atoms with Crippen LogP contribution in [0, 0.1) is 0 Å². The van der Waals surface area contributed by atoms with Crippen LogP contribution < -0.4 is 0 Å². The Bertz CT molecular complexity index is 189. The fourth-order valence-electron chi connectivity index (χ4n) is 2.39. The van der Waals surface area contributed by atoms with Crippen LogP contribution in [0.3, 0.4) is 0 Å². The van der Waals surface area contributed by atoms with Gasteiger partial charge in [0, 0.05) is 12.2 Å². The van der Waals surface area contributed by atoms with Crippen molar-refractivity contribution in [3.05, 3.63) is 0 Å². The second-order valence-corrected chi connectivity index (χ2v) is 7.81. The molecule has 0 fully saturated rings. The largest absolute Gasteiger partial charge is 0.674 e. The minimum Gasteiger partial charge on any atom is -0.479 e. The van der Waals surface area contributed by atoms with Gasteiger partial charge >= 0.3 is 14.8 Å². The van der Waals surface area contributed by atoms with E-state index in [1.165, 1.54) is 51.4 Å². The molecule has 0 bridgehead atoms. The predicted octanol–water partition coefficient (Wildman–Crippen LogP) is 5.47. The first kappa shape index (κ1) is 19.5. The van der Waals surface area contributed by atoms with Crippen molar-refractivity contribution in [3.8, 4) is 0 Å². The Morgan fingerprint density at radius 2 is 1.37 bits per heavy atom. The van der Waals surface area contributed by atoms with Crippen molar-refractivity contribution in [2.75, 3.05) is 6.61 Å². The first-order chi connectivity index (χ1) is 9.11. The van der Waals surface area contributed by atoms with Crippen molar-refractivity contribution >= 4 is 14.8 Å². The van der Waals surface area contributed by atoms with Gasteiger partial charge in [0.25, 0.3) is 0 Å². The van der Waals surface area contributed by atoms with Crippen molar-refractivity contribution in [3.63, 3.8) is 0 Å². The molecule has 0 N–H and O–H groups in total. The summed E-state index contributed by atoms with van der Waals surface area (Å²) in [6.07, 6.45) is 9.89. The summed E-state index contributed by atoms with van der Waals surface area (Å²) in [4.78, 5) is 0. The highest BCUT2D eigenvalue weighted by atomic mass is 27.2. The minimum absolute atomic E-state index is 0.0613. The molecule has 2 nitrogen and oxygen atoms in total. The minimum atomic E-state index is -1.46. The lowest BCUT2D eigenvalue weighted by Crippen LogP contribution is -2.38. The summed E-state index contributed by atoms with van der Waals surface area (Å²) in [6.45, 7) is 12.0. The van der Waals surface area contributed by atoms with Gasteiger partial charge in [-0.2, -0.15) is 0 Å². The molecule has 0 heterocycles. The smallest absolute Gasteiger partial charge is 0.479 e. The van der Waals surface area contributed by atoms with Crippen LogP contribution in [0.15, 0.2) is 0 Å². The summed E-state index contributed by atoms with van der Waals surface area (Å²) in [7, 11) is 0. The van der Waals surface area contributed by atoms with E-state index in [2.05, 4.69) is 34.6 Å². The molecule has 114 valence electrons. The summed E-state index contributed by atoms with van der Waals surface area (Å²) in [5, 5.41) is 1.16. The number of rotatable bonds is 13. The van der Waals surface area contributed by atoms with Gasteiger partial charge in [0.05, 0.1) is 0 Å². The van der Waals surface area contributed by atoms with E-state index in [-0.39, 0.29) is 5.60 Å². The Morgan fingerprint density at radius 3 is 1.79 bits per heavy atom. The maximum atomic E-state index is 6.50. The van der Waals surface area contributed by atoms with Gasteiger partial charge < -0.3 is 7.58 Å². The first-order valence-corrected chi connectivity index (χ1v) is 10.2.